The number of rotatable bonds is 7. The Kier molecular flexibility index (Phi) is 6.80. The van der Waals surface area contributed by atoms with Crippen molar-refractivity contribution in [1.82, 2.24) is 15.1 Å². The fourth-order valence-corrected chi connectivity index (χ4v) is 3.77. The van der Waals surface area contributed by atoms with Crippen LogP contribution < -0.4 is 10.6 Å². The van der Waals surface area contributed by atoms with E-state index < -0.39 is 4.92 Å². The molecule has 9 heteroatoms. The summed E-state index contributed by atoms with van der Waals surface area (Å²) in [5.41, 5.74) is 0.858. The first-order valence-corrected chi connectivity index (χ1v) is 9.81. The molecule has 0 radical (unpaired) electrons. The molecule has 0 bridgehead atoms. The topological polar surface area (TPSA) is 108 Å². The third kappa shape index (κ3) is 5.19. The van der Waals surface area contributed by atoms with Crippen molar-refractivity contribution in [2.45, 2.75) is 31.7 Å². The van der Waals surface area contributed by atoms with Gasteiger partial charge in [-0.1, -0.05) is 0 Å². The van der Waals surface area contributed by atoms with E-state index in [4.69, 9.17) is 0 Å². The van der Waals surface area contributed by atoms with Crippen molar-refractivity contribution in [3.8, 4) is 0 Å². The largest absolute Gasteiger partial charge is 0.385 e. The average molecular weight is 389 g/mol. The molecule has 0 aliphatic carbocycles. The zero-order valence-corrected chi connectivity index (χ0v) is 15.9. The van der Waals surface area contributed by atoms with E-state index in [-0.39, 0.29) is 23.5 Å². The molecular formula is C19H27N5O4. The molecule has 0 aromatic heterocycles. The van der Waals surface area contributed by atoms with Gasteiger partial charge < -0.3 is 20.4 Å². The third-order valence-electron chi connectivity index (χ3n) is 5.29. The number of amides is 2. The van der Waals surface area contributed by atoms with Gasteiger partial charge in [-0.3, -0.25) is 19.7 Å². The highest BCUT2D eigenvalue weighted by atomic mass is 16.6. The van der Waals surface area contributed by atoms with Gasteiger partial charge >= 0.3 is 0 Å². The van der Waals surface area contributed by atoms with E-state index in [1.54, 1.807) is 12.1 Å². The third-order valence-corrected chi connectivity index (χ3v) is 5.29. The number of likely N-dealkylation sites (tertiary alicyclic amines) is 1. The summed E-state index contributed by atoms with van der Waals surface area (Å²) in [5, 5.41) is 16.9. The van der Waals surface area contributed by atoms with E-state index in [2.05, 4.69) is 10.6 Å². The smallest absolute Gasteiger partial charge is 0.269 e. The number of piperazine rings is 1. The molecule has 152 valence electrons. The van der Waals surface area contributed by atoms with Crippen LogP contribution in [-0.2, 0) is 9.59 Å². The summed E-state index contributed by atoms with van der Waals surface area (Å²) in [6, 6.07) is 6.38. The number of nitro benzene ring substituents is 1. The Morgan fingerprint density at radius 2 is 2.07 bits per heavy atom. The molecule has 9 nitrogen and oxygen atoms in total. The van der Waals surface area contributed by atoms with Crippen molar-refractivity contribution >= 4 is 23.2 Å². The molecule has 2 aliphatic rings. The van der Waals surface area contributed by atoms with Crippen molar-refractivity contribution in [2.75, 3.05) is 44.6 Å². The Morgan fingerprint density at radius 1 is 1.29 bits per heavy atom. The number of nitro groups is 1. The van der Waals surface area contributed by atoms with Gasteiger partial charge in [0.05, 0.1) is 11.5 Å². The molecule has 2 amide bonds. The molecule has 2 N–H and O–H groups in total. The zero-order chi connectivity index (χ0) is 19.9. The van der Waals surface area contributed by atoms with Crippen LogP contribution in [0.15, 0.2) is 24.3 Å². The van der Waals surface area contributed by atoms with Crippen molar-refractivity contribution in [2.24, 2.45) is 0 Å². The van der Waals surface area contributed by atoms with Gasteiger partial charge in [0.25, 0.3) is 5.69 Å². The van der Waals surface area contributed by atoms with E-state index in [0.717, 1.165) is 31.6 Å². The fraction of sp³-hybridized carbons (Fsp3) is 0.579. The molecule has 3 rings (SSSR count). The van der Waals surface area contributed by atoms with Crippen LogP contribution in [0.3, 0.4) is 0 Å². The lowest BCUT2D eigenvalue weighted by molar-refractivity contribution is -0.384. The lowest BCUT2D eigenvalue weighted by atomic mass is 10.0. The van der Waals surface area contributed by atoms with E-state index in [0.29, 0.717) is 39.0 Å². The molecule has 1 aromatic carbocycles. The number of carbonyl (C=O) groups excluding carboxylic acids is 2. The molecule has 2 heterocycles. The minimum Gasteiger partial charge on any atom is -0.385 e. The second-order valence-electron chi connectivity index (χ2n) is 7.23. The van der Waals surface area contributed by atoms with Crippen LogP contribution in [0.4, 0.5) is 11.4 Å². The quantitative estimate of drug-likeness (QED) is 0.412. The molecule has 1 aromatic rings. The van der Waals surface area contributed by atoms with Crippen LogP contribution in [0.5, 0.6) is 0 Å². The summed E-state index contributed by atoms with van der Waals surface area (Å²) in [6.07, 6.45) is 3.01. The first kappa shape index (κ1) is 20.1. The number of non-ortho nitro benzene ring substituents is 1. The summed E-state index contributed by atoms with van der Waals surface area (Å²) in [7, 11) is 0. The Bertz CT molecular complexity index is 709. The second-order valence-corrected chi connectivity index (χ2v) is 7.23. The normalized spacial score (nSPS) is 20.1. The first-order chi connectivity index (χ1) is 13.5. The monoisotopic (exact) mass is 389 g/mol. The van der Waals surface area contributed by atoms with Crippen LogP contribution in [0.25, 0.3) is 0 Å². The van der Waals surface area contributed by atoms with Gasteiger partial charge in [-0.25, -0.2) is 0 Å². The fourth-order valence-electron chi connectivity index (χ4n) is 3.77. The highest BCUT2D eigenvalue weighted by Gasteiger charge is 2.31. The minimum atomic E-state index is -0.428. The summed E-state index contributed by atoms with van der Waals surface area (Å²) in [5.74, 6) is 0.246. The number of nitrogens with one attached hydrogen (secondary N) is 2. The van der Waals surface area contributed by atoms with Crippen molar-refractivity contribution < 1.29 is 14.5 Å². The van der Waals surface area contributed by atoms with E-state index in [1.165, 1.54) is 12.1 Å². The van der Waals surface area contributed by atoms with Gasteiger partial charge in [0.2, 0.25) is 11.8 Å². The van der Waals surface area contributed by atoms with Crippen molar-refractivity contribution in [3.05, 3.63) is 34.4 Å². The highest BCUT2D eigenvalue weighted by molar-refractivity contribution is 5.80. The molecule has 2 fully saturated rings. The molecule has 1 unspecified atom stereocenters. The molecule has 2 saturated heterocycles. The Balaban J connectivity index is 1.40. The van der Waals surface area contributed by atoms with Crippen LogP contribution in [-0.4, -0.2) is 71.8 Å². The predicted octanol–water partition coefficient (Wildman–Crippen LogP) is 1.21. The molecule has 28 heavy (non-hydrogen) atoms. The van der Waals surface area contributed by atoms with Gasteiger partial charge in [0.15, 0.2) is 0 Å². The van der Waals surface area contributed by atoms with Gasteiger partial charge in [0.1, 0.15) is 0 Å². The number of nitrogens with zero attached hydrogens (tertiary/aromatic N) is 3. The van der Waals surface area contributed by atoms with Crippen molar-refractivity contribution in [3.63, 3.8) is 0 Å². The Labute approximate surface area is 164 Å². The summed E-state index contributed by atoms with van der Waals surface area (Å²) in [4.78, 5) is 38.7. The number of hydrogen-bond acceptors (Lipinski definition) is 6. The van der Waals surface area contributed by atoms with Gasteiger partial charge in [0, 0.05) is 63.0 Å². The first-order valence-electron chi connectivity index (χ1n) is 9.81. The highest BCUT2D eigenvalue weighted by Crippen LogP contribution is 2.19. The Morgan fingerprint density at radius 3 is 2.79 bits per heavy atom. The molecule has 0 spiro atoms. The molecule has 0 saturated carbocycles. The predicted molar refractivity (Wildman–Crippen MR) is 105 cm³/mol. The van der Waals surface area contributed by atoms with E-state index >= 15 is 0 Å². The van der Waals surface area contributed by atoms with Crippen LogP contribution in [0.1, 0.15) is 25.7 Å². The summed E-state index contributed by atoms with van der Waals surface area (Å²) < 4.78 is 0. The lowest BCUT2D eigenvalue weighted by Gasteiger charge is -2.41. The van der Waals surface area contributed by atoms with Gasteiger partial charge in [-0.15, -0.1) is 0 Å². The molecular weight excluding hydrogens is 362 g/mol. The van der Waals surface area contributed by atoms with E-state index in [1.807, 2.05) is 9.80 Å². The standard InChI is InChI=1S/C19H27N5O4/c25-18(4-1-9-21-15-5-7-16(8-6-15)24(27)28)22-11-2-3-17(14-22)23-12-10-20-13-19(23)26/h5-8,17,20-21H,1-4,9-14H2. The van der Waals surface area contributed by atoms with Gasteiger partial charge in [-0.2, -0.15) is 0 Å². The minimum absolute atomic E-state index is 0.0587. The Hall–Kier alpha value is -2.68. The number of hydrogen-bond donors (Lipinski definition) is 2. The van der Waals surface area contributed by atoms with Crippen LogP contribution >= 0.6 is 0 Å². The zero-order valence-electron chi connectivity index (χ0n) is 15.9. The lowest BCUT2D eigenvalue weighted by Crippen LogP contribution is -2.57. The summed E-state index contributed by atoms with van der Waals surface area (Å²) >= 11 is 0. The summed E-state index contributed by atoms with van der Waals surface area (Å²) in [6.45, 7) is 3.91. The average Bonchev–Trinajstić information content (AvgIpc) is 2.72. The molecule has 2 aliphatic heterocycles. The van der Waals surface area contributed by atoms with Crippen LogP contribution in [0.2, 0.25) is 0 Å². The van der Waals surface area contributed by atoms with E-state index in [9.17, 15) is 19.7 Å². The van der Waals surface area contributed by atoms with Crippen LogP contribution in [0, 0.1) is 10.1 Å². The maximum absolute atomic E-state index is 12.5. The number of piperidine rings is 1. The number of carbonyl (C=O) groups is 2. The maximum atomic E-state index is 12.5. The number of anilines is 1. The van der Waals surface area contributed by atoms with Crippen molar-refractivity contribution in [1.29, 1.82) is 0 Å². The SMILES string of the molecule is O=C(CCCNc1ccc([N+](=O)[O-])cc1)N1CCCC(N2CCNCC2=O)C1. The van der Waals surface area contributed by atoms with Gasteiger partial charge in [-0.05, 0) is 31.4 Å². The maximum Gasteiger partial charge on any atom is 0.269 e. The second kappa shape index (κ2) is 9.50. The molecule has 1 atom stereocenters. The number of benzene rings is 1.